The summed E-state index contributed by atoms with van der Waals surface area (Å²) in [5, 5.41) is 7.46. The van der Waals surface area contributed by atoms with Crippen LogP contribution in [0.4, 0.5) is 5.69 Å². The molecule has 0 fully saturated rings. The summed E-state index contributed by atoms with van der Waals surface area (Å²) in [4.78, 5) is 26.1. The Labute approximate surface area is 190 Å². The maximum Gasteiger partial charge on any atom is 0.265 e. The lowest BCUT2D eigenvalue weighted by Gasteiger charge is -2.16. The number of amides is 2. The van der Waals surface area contributed by atoms with Crippen molar-refractivity contribution in [2.75, 3.05) is 33.8 Å². The lowest BCUT2D eigenvalue weighted by atomic mass is 10.1. The van der Waals surface area contributed by atoms with Gasteiger partial charge in [-0.1, -0.05) is 12.1 Å². The molecular formula is C23H24N2O6S. The Kier molecular flexibility index (Phi) is 7.56. The fourth-order valence-corrected chi connectivity index (χ4v) is 3.65. The monoisotopic (exact) mass is 456 g/mol. The molecule has 1 heterocycles. The van der Waals surface area contributed by atoms with E-state index < -0.39 is 0 Å². The smallest absolute Gasteiger partial charge is 0.265 e. The van der Waals surface area contributed by atoms with E-state index in [1.807, 2.05) is 6.07 Å². The van der Waals surface area contributed by atoms with Gasteiger partial charge in [0.25, 0.3) is 11.8 Å². The van der Waals surface area contributed by atoms with Crippen molar-refractivity contribution in [1.29, 1.82) is 0 Å². The van der Waals surface area contributed by atoms with Gasteiger partial charge in [-0.05, 0) is 35.2 Å². The standard InChI is InChI=1S/C23H24N2O6S/c1-28-17-8-7-14(10-18(17)29-2)13-24-22(26)15-11-19(30-3)20(31-4)12-16(15)25-23(27)21-6-5-9-32-21/h5-12H,13H2,1-4H3,(H,24,26)(H,25,27). The number of rotatable bonds is 9. The van der Waals surface area contributed by atoms with Crippen molar-refractivity contribution in [3.63, 3.8) is 0 Å². The summed E-state index contributed by atoms with van der Waals surface area (Å²) >= 11 is 1.31. The number of ether oxygens (including phenoxy) is 4. The van der Waals surface area contributed by atoms with Crippen LogP contribution in [0.15, 0.2) is 47.8 Å². The van der Waals surface area contributed by atoms with Crippen LogP contribution in [0, 0.1) is 0 Å². The number of nitrogens with one attached hydrogen (secondary N) is 2. The molecule has 0 bridgehead atoms. The van der Waals surface area contributed by atoms with Crippen LogP contribution in [0.5, 0.6) is 23.0 Å². The van der Waals surface area contributed by atoms with Crippen LogP contribution in [-0.2, 0) is 6.54 Å². The Morgan fingerprint density at radius 3 is 2.09 bits per heavy atom. The highest BCUT2D eigenvalue weighted by Crippen LogP contribution is 2.34. The molecule has 168 valence electrons. The minimum absolute atomic E-state index is 0.242. The molecule has 0 aliphatic rings. The van der Waals surface area contributed by atoms with Gasteiger partial charge in [0.05, 0.1) is 44.6 Å². The molecule has 3 rings (SSSR count). The number of hydrogen-bond acceptors (Lipinski definition) is 7. The lowest BCUT2D eigenvalue weighted by molar-refractivity contribution is 0.0951. The van der Waals surface area contributed by atoms with Gasteiger partial charge in [-0.25, -0.2) is 0 Å². The van der Waals surface area contributed by atoms with E-state index in [1.165, 1.54) is 31.6 Å². The minimum atomic E-state index is -0.387. The zero-order chi connectivity index (χ0) is 23.1. The van der Waals surface area contributed by atoms with Crippen LogP contribution in [0.1, 0.15) is 25.6 Å². The van der Waals surface area contributed by atoms with Gasteiger partial charge in [0.2, 0.25) is 0 Å². The lowest BCUT2D eigenvalue weighted by Crippen LogP contribution is -2.25. The number of methoxy groups -OCH3 is 4. The second kappa shape index (κ2) is 10.5. The van der Waals surface area contributed by atoms with E-state index in [9.17, 15) is 9.59 Å². The molecule has 2 amide bonds. The third-order valence-electron chi connectivity index (χ3n) is 4.66. The molecule has 8 nitrogen and oxygen atoms in total. The van der Waals surface area contributed by atoms with Gasteiger partial charge < -0.3 is 29.6 Å². The molecule has 2 aromatic carbocycles. The summed E-state index contributed by atoms with van der Waals surface area (Å²) in [6.07, 6.45) is 0. The topological polar surface area (TPSA) is 95.1 Å². The molecule has 0 unspecified atom stereocenters. The second-order valence-electron chi connectivity index (χ2n) is 6.56. The zero-order valence-corrected chi connectivity index (χ0v) is 19.0. The molecule has 0 saturated carbocycles. The molecule has 0 radical (unpaired) electrons. The zero-order valence-electron chi connectivity index (χ0n) is 18.2. The maximum absolute atomic E-state index is 13.0. The van der Waals surface area contributed by atoms with Crippen LogP contribution >= 0.6 is 11.3 Å². The highest BCUT2D eigenvalue weighted by Gasteiger charge is 2.19. The van der Waals surface area contributed by atoms with Crippen LogP contribution in [0.25, 0.3) is 0 Å². The normalized spacial score (nSPS) is 10.2. The largest absolute Gasteiger partial charge is 0.493 e. The van der Waals surface area contributed by atoms with Crippen LogP contribution in [-0.4, -0.2) is 40.3 Å². The third-order valence-corrected chi connectivity index (χ3v) is 5.53. The first kappa shape index (κ1) is 23.0. The Bertz CT molecular complexity index is 1100. The molecule has 2 N–H and O–H groups in total. The second-order valence-corrected chi connectivity index (χ2v) is 7.50. The van der Waals surface area contributed by atoms with Crippen molar-refractivity contribution >= 4 is 28.8 Å². The van der Waals surface area contributed by atoms with Crippen LogP contribution < -0.4 is 29.6 Å². The fourth-order valence-electron chi connectivity index (χ4n) is 3.03. The molecular weight excluding hydrogens is 432 g/mol. The van der Waals surface area contributed by atoms with Gasteiger partial charge in [0.1, 0.15) is 0 Å². The van der Waals surface area contributed by atoms with Crippen molar-refractivity contribution in [3.8, 4) is 23.0 Å². The van der Waals surface area contributed by atoms with Gasteiger partial charge in [-0.15, -0.1) is 11.3 Å². The van der Waals surface area contributed by atoms with Gasteiger partial charge >= 0.3 is 0 Å². The quantitative estimate of drug-likeness (QED) is 0.506. The average Bonchev–Trinajstić information content (AvgIpc) is 3.37. The highest BCUT2D eigenvalue weighted by molar-refractivity contribution is 7.12. The Morgan fingerprint density at radius 2 is 1.47 bits per heavy atom. The summed E-state index contributed by atoms with van der Waals surface area (Å²) in [7, 11) is 6.07. The Hall–Kier alpha value is -3.72. The van der Waals surface area contributed by atoms with E-state index in [2.05, 4.69) is 10.6 Å². The summed E-state index contributed by atoms with van der Waals surface area (Å²) in [6.45, 7) is 0.242. The van der Waals surface area contributed by atoms with Crippen molar-refractivity contribution < 1.29 is 28.5 Å². The Balaban J connectivity index is 1.85. The van der Waals surface area contributed by atoms with Crippen molar-refractivity contribution in [3.05, 3.63) is 63.8 Å². The number of hydrogen-bond donors (Lipinski definition) is 2. The molecule has 0 atom stereocenters. The van der Waals surface area contributed by atoms with E-state index in [4.69, 9.17) is 18.9 Å². The van der Waals surface area contributed by atoms with Crippen LogP contribution in [0.2, 0.25) is 0 Å². The summed E-state index contributed by atoms with van der Waals surface area (Å²) in [6, 6.07) is 12.0. The summed E-state index contributed by atoms with van der Waals surface area (Å²) < 4.78 is 21.2. The van der Waals surface area contributed by atoms with Crippen molar-refractivity contribution in [1.82, 2.24) is 5.32 Å². The number of carbonyl (C=O) groups is 2. The Morgan fingerprint density at radius 1 is 0.812 bits per heavy atom. The summed E-state index contributed by atoms with van der Waals surface area (Å²) in [5.41, 5.74) is 1.37. The summed E-state index contributed by atoms with van der Waals surface area (Å²) in [5.74, 6) is 1.22. The number of benzene rings is 2. The average molecular weight is 457 g/mol. The molecule has 0 spiro atoms. The molecule has 0 aliphatic carbocycles. The first-order chi connectivity index (χ1) is 15.5. The molecule has 0 saturated heterocycles. The van der Waals surface area contributed by atoms with E-state index in [1.54, 1.807) is 49.9 Å². The van der Waals surface area contributed by atoms with E-state index in [0.29, 0.717) is 33.6 Å². The molecule has 0 aliphatic heterocycles. The minimum Gasteiger partial charge on any atom is -0.493 e. The van der Waals surface area contributed by atoms with Gasteiger partial charge in [-0.2, -0.15) is 0 Å². The van der Waals surface area contributed by atoms with Gasteiger partial charge in [-0.3, -0.25) is 9.59 Å². The predicted molar refractivity (Wildman–Crippen MR) is 123 cm³/mol. The number of thiophene rings is 1. The first-order valence-electron chi connectivity index (χ1n) is 9.60. The van der Waals surface area contributed by atoms with Crippen molar-refractivity contribution in [2.24, 2.45) is 0 Å². The van der Waals surface area contributed by atoms with Gasteiger partial charge in [0.15, 0.2) is 23.0 Å². The maximum atomic E-state index is 13.0. The fraction of sp³-hybridized carbons (Fsp3) is 0.217. The van der Waals surface area contributed by atoms with Gasteiger partial charge in [0, 0.05) is 12.6 Å². The third kappa shape index (κ3) is 5.12. The van der Waals surface area contributed by atoms with E-state index >= 15 is 0 Å². The SMILES string of the molecule is COc1ccc(CNC(=O)c2cc(OC)c(OC)cc2NC(=O)c2cccs2)cc1OC. The van der Waals surface area contributed by atoms with E-state index in [-0.39, 0.29) is 23.9 Å². The van der Waals surface area contributed by atoms with Crippen molar-refractivity contribution in [2.45, 2.75) is 6.54 Å². The first-order valence-corrected chi connectivity index (χ1v) is 10.5. The molecule has 3 aromatic rings. The molecule has 1 aromatic heterocycles. The number of anilines is 1. The van der Waals surface area contributed by atoms with Crippen LogP contribution in [0.3, 0.4) is 0 Å². The molecule has 9 heteroatoms. The van der Waals surface area contributed by atoms with E-state index in [0.717, 1.165) is 5.56 Å². The molecule has 32 heavy (non-hydrogen) atoms. The predicted octanol–water partition coefficient (Wildman–Crippen LogP) is 3.96. The highest BCUT2D eigenvalue weighted by atomic mass is 32.1. The number of carbonyl (C=O) groups excluding carboxylic acids is 2.